The largest absolute Gasteiger partial charge is 0.361 e. The van der Waals surface area contributed by atoms with Crippen molar-refractivity contribution in [2.24, 2.45) is 0 Å². The van der Waals surface area contributed by atoms with Gasteiger partial charge in [-0.2, -0.15) is 0 Å². The first-order chi connectivity index (χ1) is 6.66. The third kappa shape index (κ3) is 3.91. The Morgan fingerprint density at radius 3 is 2.67 bits per heavy atom. The van der Waals surface area contributed by atoms with E-state index < -0.39 is 0 Å². The van der Waals surface area contributed by atoms with E-state index in [1.807, 2.05) is 0 Å². The van der Waals surface area contributed by atoms with E-state index >= 15 is 0 Å². The standard InChI is InChI=1S/C11H22N2O.ClH/c1-11(2)8-14-10(13-11)7-9-5-3-4-6-12-9;/h9-10,12-13H,3-8H2,1-2H3;1H. The van der Waals surface area contributed by atoms with E-state index in [0.29, 0.717) is 6.04 Å². The van der Waals surface area contributed by atoms with Crippen LogP contribution in [0, 0.1) is 0 Å². The molecule has 2 rings (SSSR count). The van der Waals surface area contributed by atoms with Gasteiger partial charge < -0.3 is 10.1 Å². The Morgan fingerprint density at radius 1 is 1.33 bits per heavy atom. The third-order valence-electron chi connectivity index (χ3n) is 3.11. The van der Waals surface area contributed by atoms with Crippen molar-refractivity contribution in [3.63, 3.8) is 0 Å². The van der Waals surface area contributed by atoms with Gasteiger partial charge in [0.1, 0.15) is 6.23 Å². The summed E-state index contributed by atoms with van der Waals surface area (Å²) in [6, 6.07) is 0.662. The Labute approximate surface area is 98.7 Å². The first-order valence-corrected chi connectivity index (χ1v) is 5.78. The van der Waals surface area contributed by atoms with Crippen molar-refractivity contribution in [3.05, 3.63) is 0 Å². The molecule has 0 bridgehead atoms. The van der Waals surface area contributed by atoms with E-state index in [1.165, 1.54) is 25.8 Å². The first kappa shape index (κ1) is 13.2. The van der Waals surface area contributed by atoms with Crippen molar-refractivity contribution in [2.75, 3.05) is 13.2 Å². The predicted molar refractivity (Wildman–Crippen MR) is 64.5 cm³/mol. The van der Waals surface area contributed by atoms with Crippen molar-refractivity contribution in [1.29, 1.82) is 0 Å². The molecule has 0 saturated carbocycles. The minimum atomic E-state index is 0. The van der Waals surface area contributed by atoms with Gasteiger partial charge in [0.2, 0.25) is 0 Å². The monoisotopic (exact) mass is 234 g/mol. The molecular formula is C11H23ClN2O. The van der Waals surface area contributed by atoms with Crippen molar-refractivity contribution >= 4 is 12.4 Å². The van der Waals surface area contributed by atoms with Crippen LogP contribution in [0.2, 0.25) is 0 Å². The lowest BCUT2D eigenvalue weighted by atomic mass is 10.0. The smallest absolute Gasteiger partial charge is 0.110 e. The molecule has 2 fully saturated rings. The summed E-state index contributed by atoms with van der Waals surface area (Å²) in [6.07, 6.45) is 5.39. The van der Waals surface area contributed by atoms with E-state index in [0.717, 1.165) is 13.0 Å². The van der Waals surface area contributed by atoms with Gasteiger partial charge in [-0.3, -0.25) is 5.32 Å². The molecule has 2 unspecified atom stereocenters. The normalized spacial score (nSPS) is 34.8. The second kappa shape index (κ2) is 5.48. The number of hydrogen-bond acceptors (Lipinski definition) is 3. The van der Waals surface area contributed by atoms with Gasteiger partial charge in [-0.05, 0) is 33.2 Å². The van der Waals surface area contributed by atoms with Crippen LogP contribution in [0.4, 0.5) is 0 Å². The average Bonchev–Trinajstić information content (AvgIpc) is 2.47. The van der Waals surface area contributed by atoms with Crippen LogP contribution in [0.15, 0.2) is 0 Å². The zero-order chi connectivity index (χ0) is 10.0. The van der Waals surface area contributed by atoms with Crippen LogP contribution in [0.1, 0.15) is 39.5 Å². The number of piperidine rings is 1. The van der Waals surface area contributed by atoms with Crippen LogP contribution in [0.5, 0.6) is 0 Å². The van der Waals surface area contributed by atoms with Gasteiger partial charge in [-0.1, -0.05) is 6.42 Å². The van der Waals surface area contributed by atoms with Gasteiger partial charge in [0, 0.05) is 18.0 Å². The molecule has 0 aliphatic carbocycles. The predicted octanol–water partition coefficient (Wildman–Crippen LogP) is 1.66. The van der Waals surface area contributed by atoms with E-state index in [2.05, 4.69) is 24.5 Å². The highest BCUT2D eigenvalue weighted by molar-refractivity contribution is 5.85. The zero-order valence-electron chi connectivity index (χ0n) is 9.71. The molecule has 0 aromatic heterocycles. The second-order valence-electron chi connectivity index (χ2n) is 5.21. The maximum absolute atomic E-state index is 5.72. The van der Waals surface area contributed by atoms with Gasteiger partial charge in [0.15, 0.2) is 0 Å². The van der Waals surface area contributed by atoms with E-state index in [4.69, 9.17) is 4.74 Å². The van der Waals surface area contributed by atoms with Crippen LogP contribution in [-0.4, -0.2) is 31.0 Å². The fourth-order valence-corrected chi connectivity index (χ4v) is 2.34. The van der Waals surface area contributed by atoms with E-state index in [9.17, 15) is 0 Å². The van der Waals surface area contributed by atoms with E-state index in [1.54, 1.807) is 0 Å². The lowest BCUT2D eigenvalue weighted by Crippen LogP contribution is -2.43. The molecule has 2 heterocycles. The van der Waals surface area contributed by atoms with Crippen LogP contribution in [-0.2, 0) is 4.74 Å². The lowest BCUT2D eigenvalue weighted by Gasteiger charge is -2.26. The molecule has 2 aliphatic rings. The highest BCUT2D eigenvalue weighted by atomic mass is 35.5. The molecule has 2 atom stereocenters. The highest BCUT2D eigenvalue weighted by Crippen LogP contribution is 2.19. The molecular weight excluding hydrogens is 212 g/mol. The quantitative estimate of drug-likeness (QED) is 0.763. The van der Waals surface area contributed by atoms with Crippen molar-refractivity contribution < 1.29 is 4.74 Å². The number of rotatable bonds is 2. The SMILES string of the molecule is CC1(C)COC(CC2CCCCN2)N1.Cl. The van der Waals surface area contributed by atoms with Crippen molar-refractivity contribution in [3.8, 4) is 0 Å². The van der Waals surface area contributed by atoms with Gasteiger partial charge in [-0.15, -0.1) is 12.4 Å². The number of hydrogen-bond donors (Lipinski definition) is 2. The molecule has 3 nitrogen and oxygen atoms in total. The Bertz CT molecular complexity index is 193. The summed E-state index contributed by atoms with van der Waals surface area (Å²) in [4.78, 5) is 0. The van der Waals surface area contributed by atoms with E-state index in [-0.39, 0.29) is 24.2 Å². The topological polar surface area (TPSA) is 33.3 Å². The summed E-state index contributed by atoms with van der Waals surface area (Å²) >= 11 is 0. The van der Waals surface area contributed by atoms with Gasteiger partial charge >= 0.3 is 0 Å². The molecule has 0 aromatic carbocycles. The maximum atomic E-state index is 5.72. The summed E-state index contributed by atoms with van der Waals surface area (Å²) in [7, 11) is 0. The van der Waals surface area contributed by atoms with Crippen molar-refractivity contribution in [1.82, 2.24) is 10.6 Å². The molecule has 2 aliphatic heterocycles. The molecule has 0 radical (unpaired) electrons. The van der Waals surface area contributed by atoms with Crippen LogP contribution in [0.3, 0.4) is 0 Å². The fraction of sp³-hybridized carbons (Fsp3) is 1.00. The summed E-state index contributed by atoms with van der Waals surface area (Å²) in [5, 5.41) is 7.07. The van der Waals surface area contributed by atoms with Crippen LogP contribution < -0.4 is 10.6 Å². The van der Waals surface area contributed by atoms with Crippen molar-refractivity contribution in [2.45, 2.75) is 57.3 Å². The number of halogens is 1. The first-order valence-electron chi connectivity index (χ1n) is 5.78. The van der Waals surface area contributed by atoms with Crippen LogP contribution >= 0.6 is 12.4 Å². The second-order valence-corrected chi connectivity index (χ2v) is 5.21. The minimum Gasteiger partial charge on any atom is -0.361 e. The van der Waals surface area contributed by atoms with Crippen LogP contribution in [0.25, 0.3) is 0 Å². The molecule has 0 aromatic rings. The Kier molecular flexibility index (Phi) is 4.84. The van der Waals surface area contributed by atoms with Gasteiger partial charge in [0.05, 0.1) is 6.61 Å². The molecule has 0 amide bonds. The highest BCUT2D eigenvalue weighted by Gasteiger charge is 2.32. The maximum Gasteiger partial charge on any atom is 0.110 e. The molecule has 90 valence electrons. The molecule has 0 spiro atoms. The zero-order valence-corrected chi connectivity index (χ0v) is 10.5. The third-order valence-corrected chi connectivity index (χ3v) is 3.11. The number of ether oxygens (including phenoxy) is 1. The average molecular weight is 235 g/mol. The van der Waals surface area contributed by atoms with Gasteiger partial charge in [0.25, 0.3) is 0 Å². The summed E-state index contributed by atoms with van der Waals surface area (Å²) in [5.41, 5.74) is 0.166. The summed E-state index contributed by atoms with van der Waals surface area (Å²) < 4.78 is 5.72. The molecule has 2 saturated heterocycles. The molecule has 2 N–H and O–H groups in total. The Hall–Kier alpha value is 0.170. The molecule has 15 heavy (non-hydrogen) atoms. The lowest BCUT2D eigenvalue weighted by molar-refractivity contribution is 0.0796. The Morgan fingerprint density at radius 2 is 2.13 bits per heavy atom. The summed E-state index contributed by atoms with van der Waals surface area (Å²) in [5.74, 6) is 0. The minimum absolute atomic E-state index is 0. The number of nitrogens with one attached hydrogen (secondary N) is 2. The van der Waals surface area contributed by atoms with Gasteiger partial charge in [-0.25, -0.2) is 0 Å². The summed E-state index contributed by atoms with van der Waals surface area (Å²) in [6.45, 7) is 6.41. The fourth-order valence-electron chi connectivity index (χ4n) is 2.34. The molecule has 4 heteroatoms. The Balaban J connectivity index is 0.00000112.